The maximum Gasteiger partial charge on any atom is 0.0973 e. The number of fused-ring (bicyclic) bond motifs is 1. The summed E-state index contributed by atoms with van der Waals surface area (Å²) in [5.74, 6) is 0. The summed E-state index contributed by atoms with van der Waals surface area (Å²) < 4.78 is 0. The van der Waals surface area contributed by atoms with Crippen LogP contribution in [0.15, 0.2) is 35.2 Å². The minimum atomic E-state index is 1.01. The van der Waals surface area contributed by atoms with Gasteiger partial charge in [-0.15, -0.1) is 11.3 Å². The molecular weight excluding hydrogens is 192 g/mol. The van der Waals surface area contributed by atoms with Gasteiger partial charge in [-0.2, -0.15) is 0 Å². The van der Waals surface area contributed by atoms with Gasteiger partial charge in [0.05, 0.1) is 16.9 Å². The van der Waals surface area contributed by atoms with Crippen molar-refractivity contribution in [2.45, 2.75) is 0 Å². The second-order valence-corrected chi connectivity index (χ2v) is 3.79. The highest BCUT2D eigenvalue weighted by Gasteiger charge is 2.03. The van der Waals surface area contributed by atoms with E-state index in [1.165, 1.54) is 5.39 Å². The average molecular weight is 199 g/mol. The Balaban J connectivity index is 2.24. The molecule has 2 aromatic heterocycles. The number of H-pyrrole nitrogens is 1. The predicted molar refractivity (Wildman–Crippen MR) is 58.2 cm³/mol. The number of rotatable bonds is 1. The first kappa shape index (κ1) is 7.76. The quantitative estimate of drug-likeness (QED) is 0.641. The van der Waals surface area contributed by atoms with Crippen LogP contribution in [0.25, 0.3) is 22.3 Å². The van der Waals surface area contributed by atoms with Gasteiger partial charge in [0, 0.05) is 16.3 Å². The number of hydrogen-bond donors (Lipinski definition) is 1. The highest BCUT2D eigenvalue weighted by Crippen LogP contribution is 2.23. The molecule has 0 unspecified atom stereocenters. The molecule has 67 valence electrons. The molecule has 0 aliphatic rings. The average Bonchev–Trinajstić information content (AvgIpc) is 2.86. The van der Waals surface area contributed by atoms with Crippen LogP contribution in [0.3, 0.4) is 0 Å². The van der Waals surface area contributed by atoms with Gasteiger partial charge in [0.1, 0.15) is 0 Å². The molecule has 0 aliphatic carbocycles. The summed E-state index contributed by atoms with van der Waals surface area (Å²) in [5, 5.41) is 3.24. The number of aromatic nitrogens is 2. The first-order valence-corrected chi connectivity index (χ1v) is 5.25. The Labute approximate surface area is 85.2 Å². The van der Waals surface area contributed by atoms with E-state index in [0.29, 0.717) is 0 Å². The lowest BCUT2D eigenvalue weighted by Gasteiger charge is -1.87. The van der Waals surface area contributed by atoms with Gasteiger partial charge >= 0.3 is 0 Å². The zero-order valence-electron chi connectivity index (χ0n) is 7.32. The molecule has 0 saturated carbocycles. The van der Waals surface area contributed by atoms with Crippen molar-refractivity contribution in [2.75, 3.05) is 0 Å². The van der Waals surface area contributed by atoms with Gasteiger partial charge in [0.25, 0.3) is 0 Å². The molecule has 0 amide bonds. The summed E-state index contributed by atoms with van der Waals surface area (Å²) in [6.45, 7) is 0. The third kappa shape index (κ3) is 1.14. The first-order valence-electron chi connectivity index (χ1n) is 4.31. The van der Waals surface area contributed by atoms with Crippen molar-refractivity contribution >= 4 is 22.2 Å². The number of hydrogen-bond acceptors (Lipinski definition) is 2. The molecule has 1 radical (unpaired) electrons. The van der Waals surface area contributed by atoms with Crippen LogP contribution in [0.1, 0.15) is 0 Å². The second kappa shape index (κ2) is 2.96. The molecule has 2 heterocycles. The van der Waals surface area contributed by atoms with Gasteiger partial charge < -0.3 is 4.98 Å². The van der Waals surface area contributed by atoms with Crippen molar-refractivity contribution in [3.05, 3.63) is 41.2 Å². The van der Waals surface area contributed by atoms with Gasteiger partial charge in [-0.1, -0.05) is 12.1 Å². The molecule has 2 nitrogen and oxygen atoms in total. The van der Waals surface area contributed by atoms with Crippen molar-refractivity contribution in [2.24, 2.45) is 0 Å². The Bertz CT molecular complexity index is 518. The molecule has 14 heavy (non-hydrogen) atoms. The van der Waals surface area contributed by atoms with Crippen LogP contribution in [0.2, 0.25) is 0 Å². The Morgan fingerprint density at radius 3 is 3.21 bits per heavy atom. The highest BCUT2D eigenvalue weighted by atomic mass is 32.1. The van der Waals surface area contributed by atoms with Gasteiger partial charge in [-0.3, -0.25) is 0 Å². The molecule has 0 atom stereocenters. The number of nitrogens with zero attached hydrogens (tertiary/aromatic N) is 1. The van der Waals surface area contributed by atoms with Gasteiger partial charge in [0.15, 0.2) is 0 Å². The Morgan fingerprint density at radius 2 is 2.43 bits per heavy atom. The van der Waals surface area contributed by atoms with Crippen LogP contribution in [-0.2, 0) is 0 Å². The number of benzene rings is 1. The monoisotopic (exact) mass is 199 g/mol. The molecule has 3 heteroatoms. The van der Waals surface area contributed by atoms with Crippen molar-refractivity contribution < 1.29 is 0 Å². The molecule has 0 fully saturated rings. The van der Waals surface area contributed by atoms with E-state index >= 15 is 0 Å². The third-order valence-corrected chi connectivity index (χ3v) is 2.76. The fraction of sp³-hybridized carbons (Fsp3) is 0. The standard InChI is InChI=1S/C11H7N2S/c1-2-4-9-8(3-1)5-10(13-9)11-6-14-7-12-11/h1,3-7,13H. The topological polar surface area (TPSA) is 28.7 Å². The molecular formula is C11H7N2S. The van der Waals surface area contributed by atoms with E-state index in [0.717, 1.165) is 16.9 Å². The maximum atomic E-state index is 4.26. The van der Waals surface area contributed by atoms with Crippen molar-refractivity contribution in [1.82, 2.24) is 9.97 Å². The molecule has 0 aliphatic heterocycles. The van der Waals surface area contributed by atoms with Crippen LogP contribution in [-0.4, -0.2) is 9.97 Å². The van der Waals surface area contributed by atoms with Crippen LogP contribution < -0.4 is 0 Å². The summed E-state index contributed by atoms with van der Waals surface area (Å²) in [6.07, 6.45) is 0. The van der Waals surface area contributed by atoms with E-state index in [1.54, 1.807) is 11.3 Å². The van der Waals surface area contributed by atoms with Crippen molar-refractivity contribution in [1.29, 1.82) is 0 Å². The minimum absolute atomic E-state index is 1.01. The summed E-state index contributed by atoms with van der Waals surface area (Å²) in [6, 6.07) is 11.1. The molecule has 1 aromatic carbocycles. The first-order chi connectivity index (χ1) is 6.93. The van der Waals surface area contributed by atoms with E-state index < -0.39 is 0 Å². The summed E-state index contributed by atoms with van der Waals surface area (Å²) in [5.41, 5.74) is 5.02. The lowest BCUT2D eigenvalue weighted by Crippen LogP contribution is -1.74. The lowest BCUT2D eigenvalue weighted by atomic mass is 10.2. The number of aromatic amines is 1. The smallest absolute Gasteiger partial charge is 0.0973 e. The Kier molecular flexibility index (Phi) is 1.64. The van der Waals surface area contributed by atoms with Crippen LogP contribution in [0.4, 0.5) is 0 Å². The maximum absolute atomic E-state index is 4.26. The highest BCUT2D eigenvalue weighted by molar-refractivity contribution is 7.07. The van der Waals surface area contributed by atoms with Crippen molar-refractivity contribution in [3.63, 3.8) is 0 Å². The fourth-order valence-corrected chi connectivity index (χ4v) is 2.05. The van der Waals surface area contributed by atoms with Crippen molar-refractivity contribution in [3.8, 4) is 11.4 Å². The normalized spacial score (nSPS) is 10.9. The fourth-order valence-electron chi connectivity index (χ4n) is 1.50. The SMILES string of the molecule is [c]1ccc2cc(-c3cscn3)[nH]c2c1. The van der Waals surface area contributed by atoms with E-state index in [1.807, 2.05) is 29.1 Å². The minimum Gasteiger partial charge on any atom is -0.353 e. The molecule has 3 rings (SSSR count). The van der Waals surface area contributed by atoms with Crippen LogP contribution in [0, 0.1) is 6.07 Å². The van der Waals surface area contributed by atoms with Crippen LogP contribution >= 0.6 is 11.3 Å². The summed E-state index contributed by atoms with van der Waals surface area (Å²) >= 11 is 1.61. The predicted octanol–water partition coefficient (Wildman–Crippen LogP) is 3.09. The van der Waals surface area contributed by atoms with Gasteiger partial charge in [-0.05, 0) is 18.2 Å². The summed E-state index contributed by atoms with van der Waals surface area (Å²) in [7, 11) is 0. The van der Waals surface area contributed by atoms with E-state index in [-0.39, 0.29) is 0 Å². The molecule has 3 aromatic rings. The van der Waals surface area contributed by atoms with Gasteiger partial charge in [0.2, 0.25) is 0 Å². The zero-order valence-corrected chi connectivity index (χ0v) is 8.14. The van der Waals surface area contributed by atoms with Gasteiger partial charge in [-0.25, -0.2) is 4.98 Å². The number of thiazole rings is 1. The molecule has 0 saturated heterocycles. The summed E-state index contributed by atoms with van der Waals surface area (Å²) in [4.78, 5) is 7.57. The molecule has 1 N–H and O–H groups in total. The third-order valence-electron chi connectivity index (χ3n) is 2.18. The van der Waals surface area contributed by atoms with Crippen LogP contribution in [0.5, 0.6) is 0 Å². The Morgan fingerprint density at radius 1 is 1.43 bits per heavy atom. The lowest BCUT2D eigenvalue weighted by molar-refractivity contribution is 1.35. The number of nitrogens with one attached hydrogen (secondary N) is 1. The molecule has 0 spiro atoms. The Hall–Kier alpha value is -1.61. The van der Waals surface area contributed by atoms with E-state index in [4.69, 9.17) is 0 Å². The van der Waals surface area contributed by atoms with E-state index in [2.05, 4.69) is 22.1 Å². The molecule has 0 bridgehead atoms. The zero-order chi connectivity index (χ0) is 9.38. The second-order valence-electron chi connectivity index (χ2n) is 3.07. The van der Waals surface area contributed by atoms with E-state index in [9.17, 15) is 0 Å². The largest absolute Gasteiger partial charge is 0.353 e.